The van der Waals surface area contributed by atoms with Crippen molar-refractivity contribution in [3.8, 4) is 5.75 Å². The first-order valence-corrected chi connectivity index (χ1v) is 9.32. The lowest BCUT2D eigenvalue weighted by molar-refractivity contribution is -0.139. The van der Waals surface area contributed by atoms with Gasteiger partial charge in [-0.2, -0.15) is 0 Å². The fourth-order valence-electron chi connectivity index (χ4n) is 3.13. The summed E-state index contributed by atoms with van der Waals surface area (Å²) < 4.78 is 11.3. The number of nitrogens with one attached hydrogen (secondary N) is 1. The Morgan fingerprint density at radius 1 is 1.11 bits per heavy atom. The van der Waals surface area contributed by atoms with E-state index < -0.39 is 17.9 Å². The van der Waals surface area contributed by atoms with Crippen molar-refractivity contribution in [2.75, 3.05) is 0 Å². The molecule has 3 aromatic rings. The molecule has 6 heteroatoms. The van der Waals surface area contributed by atoms with E-state index in [2.05, 4.69) is 5.32 Å². The molecule has 1 fully saturated rings. The summed E-state index contributed by atoms with van der Waals surface area (Å²) in [5.74, 6) is 0.128. The molecule has 0 bridgehead atoms. The normalized spacial score (nSPS) is 14.6. The van der Waals surface area contributed by atoms with Crippen LogP contribution >= 0.6 is 0 Å². The standard InChI is InChI=1S/C22H21NO5/c24-21(23-19(22(25)26)11-14-5-6-14)20-10-9-18(28-20)13-27-17-8-7-15-3-1-2-4-16(15)12-17/h1-4,7-10,12,14,19H,5-6,11,13H2,(H,23,24)(H,25,26). The van der Waals surface area contributed by atoms with Crippen molar-refractivity contribution >= 4 is 22.6 Å². The maximum absolute atomic E-state index is 12.3. The van der Waals surface area contributed by atoms with E-state index in [-0.39, 0.29) is 12.4 Å². The Labute approximate surface area is 162 Å². The number of benzene rings is 2. The smallest absolute Gasteiger partial charge is 0.326 e. The first kappa shape index (κ1) is 18.1. The molecule has 0 spiro atoms. The number of hydrogen-bond donors (Lipinski definition) is 2. The lowest BCUT2D eigenvalue weighted by atomic mass is 10.1. The summed E-state index contributed by atoms with van der Waals surface area (Å²) in [4.78, 5) is 23.6. The van der Waals surface area contributed by atoms with Crippen LogP contribution in [-0.2, 0) is 11.4 Å². The zero-order chi connectivity index (χ0) is 19.5. The Morgan fingerprint density at radius 3 is 2.64 bits per heavy atom. The van der Waals surface area contributed by atoms with E-state index in [0.717, 1.165) is 23.6 Å². The molecule has 4 rings (SSSR count). The van der Waals surface area contributed by atoms with Gasteiger partial charge in [0.15, 0.2) is 5.76 Å². The summed E-state index contributed by atoms with van der Waals surface area (Å²) >= 11 is 0. The fraction of sp³-hybridized carbons (Fsp3) is 0.273. The first-order chi connectivity index (χ1) is 13.6. The van der Waals surface area contributed by atoms with Gasteiger partial charge in [-0.15, -0.1) is 0 Å². The number of rotatable bonds is 8. The molecule has 1 unspecified atom stereocenters. The molecule has 0 aliphatic heterocycles. The summed E-state index contributed by atoms with van der Waals surface area (Å²) in [6, 6.07) is 16.1. The van der Waals surface area contributed by atoms with E-state index in [0.29, 0.717) is 23.8 Å². The minimum atomic E-state index is -1.02. The van der Waals surface area contributed by atoms with E-state index >= 15 is 0 Å². The van der Waals surface area contributed by atoms with Gasteiger partial charge in [-0.25, -0.2) is 4.79 Å². The second-order valence-corrected chi connectivity index (χ2v) is 7.11. The van der Waals surface area contributed by atoms with Crippen LogP contribution in [0.5, 0.6) is 5.75 Å². The van der Waals surface area contributed by atoms with Crippen LogP contribution in [0.1, 0.15) is 35.6 Å². The van der Waals surface area contributed by atoms with Gasteiger partial charge in [-0.1, -0.05) is 43.2 Å². The predicted molar refractivity (Wildman–Crippen MR) is 103 cm³/mol. The highest BCUT2D eigenvalue weighted by Crippen LogP contribution is 2.33. The largest absolute Gasteiger partial charge is 0.486 e. The first-order valence-electron chi connectivity index (χ1n) is 9.32. The van der Waals surface area contributed by atoms with Gasteiger partial charge >= 0.3 is 5.97 Å². The summed E-state index contributed by atoms with van der Waals surface area (Å²) in [6.45, 7) is 0.177. The lowest BCUT2D eigenvalue weighted by Gasteiger charge is -2.12. The highest BCUT2D eigenvalue weighted by Gasteiger charge is 2.30. The van der Waals surface area contributed by atoms with Gasteiger partial charge in [0.2, 0.25) is 0 Å². The van der Waals surface area contributed by atoms with Crippen molar-refractivity contribution in [3.05, 3.63) is 66.1 Å². The third-order valence-electron chi connectivity index (χ3n) is 4.86. The molecule has 2 N–H and O–H groups in total. The molecular formula is C22H21NO5. The highest BCUT2D eigenvalue weighted by molar-refractivity contribution is 5.94. The second kappa shape index (κ2) is 7.76. The van der Waals surface area contributed by atoms with Gasteiger partial charge in [-0.05, 0) is 47.4 Å². The number of carbonyl (C=O) groups is 2. The Bertz CT molecular complexity index is 1000. The van der Waals surface area contributed by atoms with Crippen LogP contribution < -0.4 is 10.1 Å². The number of furan rings is 1. The van der Waals surface area contributed by atoms with Crippen LogP contribution in [0.2, 0.25) is 0 Å². The predicted octanol–water partition coefficient (Wildman–Crippen LogP) is 3.99. The Morgan fingerprint density at radius 2 is 1.89 bits per heavy atom. The monoisotopic (exact) mass is 379 g/mol. The Hall–Kier alpha value is -3.28. The second-order valence-electron chi connectivity index (χ2n) is 7.11. The van der Waals surface area contributed by atoms with Gasteiger partial charge in [0.1, 0.15) is 24.2 Å². The molecular weight excluding hydrogens is 358 g/mol. The average molecular weight is 379 g/mol. The molecule has 6 nitrogen and oxygen atoms in total. The molecule has 0 saturated heterocycles. The van der Waals surface area contributed by atoms with Crippen molar-refractivity contribution in [2.24, 2.45) is 5.92 Å². The third-order valence-corrected chi connectivity index (χ3v) is 4.86. The molecule has 144 valence electrons. The molecule has 1 amide bonds. The van der Waals surface area contributed by atoms with E-state index in [1.807, 2.05) is 42.5 Å². The van der Waals surface area contributed by atoms with Crippen LogP contribution in [0.4, 0.5) is 0 Å². The quantitative estimate of drug-likeness (QED) is 0.618. The summed E-state index contributed by atoms with van der Waals surface area (Å²) in [5, 5.41) is 14.0. The third kappa shape index (κ3) is 4.34. The number of ether oxygens (including phenoxy) is 1. The molecule has 1 atom stereocenters. The van der Waals surface area contributed by atoms with Crippen molar-refractivity contribution in [1.29, 1.82) is 0 Å². The summed E-state index contributed by atoms with van der Waals surface area (Å²) in [6.07, 6.45) is 2.51. The zero-order valence-corrected chi connectivity index (χ0v) is 15.3. The number of carboxylic acid groups (broad SMARTS) is 1. The van der Waals surface area contributed by atoms with Gasteiger partial charge in [-0.3, -0.25) is 4.79 Å². The number of carboxylic acids is 1. The topological polar surface area (TPSA) is 88.8 Å². The fourth-order valence-corrected chi connectivity index (χ4v) is 3.13. The lowest BCUT2D eigenvalue weighted by Crippen LogP contribution is -2.41. The number of fused-ring (bicyclic) bond motifs is 1. The van der Waals surface area contributed by atoms with Gasteiger partial charge < -0.3 is 19.6 Å². The molecule has 0 radical (unpaired) electrons. The van der Waals surface area contributed by atoms with E-state index in [4.69, 9.17) is 9.15 Å². The van der Waals surface area contributed by atoms with Crippen LogP contribution in [0, 0.1) is 5.92 Å². The van der Waals surface area contributed by atoms with Crippen LogP contribution in [-0.4, -0.2) is 23.0 Å². The molecule has 1 aromatic heterocycles. The SMILES string of the molecule is O=C(NC(CC1CC1)C(=O)O)c1ccc(COc2ccc3ccccc3c2)o1. The molecule has 2 aromatic carbocycles. The minimum Gasteiger partial charge on any atom is -0.486 e. The summed E-state index contributed by atoms with van der Waals surface area (Å²) in [7, 11) is 0. The molecule has 28 heavy (non-hydrogen) atoms. The number of hydrogen-bond acceptors (Lipinski definition) is 4. The van der Waals surface area contributed by atoms with Crippen molar-refractivity contribution in [2.45, 2.75) is 31.9 Å². The van der Waals surface area contributed by atoms with Crippen molar-refractivity contribution in [3.63, 3.8) is 0 Å². The van der Waals surface area contributed by atoms with E-state index in [9.17, 15) is 14.7 Å². The average Bonchev–Trinajstić information content (AvgIpc) is 3.39. The maximum Gasteiger partial charge on any atom is 0.326 e. The Balaban J connectivity index is 1.36. The van der Waals surface area contributed by atoms with Crippen molar-refractivity contribution in [1.82, 2.24) is 5.32 Å². The van der Waals surface area contributed by atoms with Gasteiger partial charge in [0.05, 0.1) is 0 Å². The number of carbonyl (C=O) groups excluding carboxylic acids is 1. The van der Waals surface area contributed by atoms with Crippen LogP contribution in [0.25, 0.3) is 10.8 Å². The zero-order valence-electron chi connectivity index (χ0n) is 15.3. The number of amides is 1. The van der Waals surface area contributed by atoms with Gasteiger partial charge in [0, 0.05) is 0 Å². The molecule has 1 aliphatic rings. The Kier molecular flexibility index (Phi) is 5.02. The number of aliphatic carboxylic acids is 1. The molecule has 1 saturated carbocycles. The van der Waals surface area contributed by atoms with Crippen molar-refractivity contribution < 1.29 is 23.8 Å². The summed E-state index contributed by atoms with van der Waals surface area (Å²) in [5.41, 5.74) is 0. The van der Waals surface area contributed by atoms with Crippen LogP contribution in [0.3, 0.4) is 0 Å². The van der Waals surface area contributed by atoms with E-state index in [1.165, 1.54) is 6.07 Å². The molecule has 1 heterocycles. The van der Waals surface area contributed by atoms with E-state index in [1.54, 1.807) is 6.07 Å². The molecule has 1 aliphatic carbocycles. The minimum absolute atomic E-state index is 0.0826. The highest BCUT2D eigenvalue weighted by atomic mass is 16.5. The van der Waals surface area contributed by atoms with Crippen LogP contribution in [0.15, 0.2) is 59.0 Å². The maximum atomic E-state index is 12.3. The van der Waals surface area contributed by atoms with Gasteiger partial charge in [0.25, 0.3) is 5.91 Å².